The first-order chi connectivity index (χ1) is 5.22. The molecule has 0 unspecified atom stereocenters. The molecule has 0 aliphatic heterocycles. The average Bonchev–Trinajstić information content (AvgIpc) is 1.85. The van der Waals surface area contributed by atoms with Crippen molar-refractivity contribution in [3.63, 3.8) is 0 Å². The van der Waals surface area contributed by atoms with Crippen LogP contribution in [0.4, 0.5) is 5.69 Å². The van der Waals surface area contributed by atoms with Gasteiger partial charge < -0.3 is 5.73 Å². The van der Waals surface area contributed by atoms with Crippen molar-refractivity contribution < 1.29 is 10.1 Å². The third-order valence-corrected chi connectivity index (χ3v) is 1.49. The molecule has 0 heterocycles. The summed E-state index contributed by atoms with van der Waals surface area (Å²) in [6.45, 7) is 0.137. The van der Waals surface area contributed by atoms with Crippen molar-refractivity contribution in [1.82, 2.24) is 0 Å². The number of benzene rings is 1. The van der Waals surface area contributed by atoms with Gasteiger partial charge in [-0.2, -0.15) is 0 Å². The van der Waals surface area contributed by atoms with Crippen LogP contribution >= 0.6 is 12.6 Å². The van der Waals surface area contributed by atoms with Gasteiger partial charge in [0.1, 0.15) is 6.61 Å². The van der Waals surface area contributed by atoms with Gasteiger partial charge in [0, 0.05) is 10.6 Å². The molecule has 3 N–H and O–H groups in total. The van der Waals surface area contributed by atoms with Crippen LogP contribution in [0.15, 0.2) is 23.1 Å². The fourth-order valence-electron chi connectivity index (χ4n) is 0.858. The molecule has 0 saturated carbocycles. The van der Waals surface area contributed by atoms with Gasteiger partial charge >= 0.3 is 0 Å². The SMILES string of the molecule is Nc1cc(S)cc(COO)c1. The monoisotopic (exact) mass is 171 g/mol. The third kappa shape index (κ3) is 2.42. The Kier molecular flexibility index (Phi) is 2.76. The Hall–Kier alpha value is -0.710. The molecule has 1 rings (SSSR count). The van der Waals surface area contributed by atoms with Gasteiger partial charge in [-0.1, -0.05) is 0 Å². The van der Waals surface area contributed by atoms with Crippen LogP contribution in [0.2, 0.25) is 0 Å². The summed E-state index contributed by atoms with van der Waals surface area (Å²) in [5.41, 5.74) is 6.92. The fraction of sp³-hybridized carbons (Fsp3) is 0.143. The lowest BCUT2D eigenvalue weighted by molar-refractivity contribution is -0.253. The van der Waals surface area contributed by atoms with E-state index < -0.39 is 0 Å². The van der Waals surface area contributed by atoms with Crippen LogP contribution in [0.1, 0.15) is 5.56 Å². The lowest BCUT2D eigenvalue weighted by Crippen LogP contribution is -1.91. The van der Waals surface area contributed by atoms with E-state index in [1.807, 2.05) is 0 Å². The molecule has 0 saturated heterocycles. The Morgan fingerprint density at radius 1 is 1.45 bits per heavy atom. The number of thiol groups is 1. The maximum Gasteiger partial charge on any atom is 0.107 e. The molecule has 0 radical (unpaired) electrons. The van der Waals surface area contributed by atoms with Crippen LogP contribution in [0.5, 0.6) is 0 Å². The van der Waals surface area contributed by atoms with E-state index in [1.165, 1.54) is 0 Å². The molecule has 0 aliphatic carbocycles. The summed E-state index contributed by atoms with van der Waals surface area (Å²) in [5.74, 6) is 0. The molecule has 0 aromatic heterocycles. The highest BCUT2D eigenvalue weighted by molar-refractivity contribution is 7.80. The average molecular weight is 171 g/mol. The number of rotatable bonds is 2. The lowest BCUT2D eigenvalue weighted by Gasteiger charge is -2.00. The van der Waals surface area contributed by atoms with E-state index in [-0.39, 0.29) is 6.61 Å². The van der Waals surface area contributed by atoms with Crippen LogP contribution in [-0.4, -0.2) is 5.26 Å². The van der Waals surface area contributed by atoms with Crippen molar-refractivity contribution in [2.45, 2.75) is 11.5 Å². The summed E-state index contributed by atoms with van der Waals surface area (Å²) >= 11 is 4.10. The van der Waals surface area contributed by atoms with Crippen LogP contribution in [0.3, 0.4) is 0 Å². The topological polar surface area (TPSA) is 55.5 Å². The summed E-state index contributed by atoms with van der Waals surface area (Å²) < 4.78 is 0. The molecule has 0 aliphatic rings. The predicted molar refractivity (Wildman–Crippen MR) is 45.5 cm³/mol. The van der Waals surface area contributed by atoms with E-state index in [0.29, 0.717) is 5.69 Å². The maximum absolute atomic E-state index is 8.14. The van der Waals surface area contributed by atoms with Gasteiger partial charge in [-0.3, -0.25) is 5.26 Å². The molecule has 0 bridgehead atoms. The molecule has 3 nitrogen and oxygen atoms in total. The highest BCUT2D eigenvalue weighted by Crippen LogP contribution is 2.15. The summed E-state index contributed by atoms with van der Waals surface area (Å²) in [4.78, 5) is 4.71. The highest BCUT2D eigenvalue weighted by Gasteiger charge is 1.95. The largest absolute Gasteiger partial charge is 0.399 e. The number of hydrogen-bond donors (Lipinski definition) is 3. The van der Waals surface area contributed by atoms with E-state index in [2.05, 4.69) is 17.5 Å². The molecule has 1 aromatic carbocycles. The number of anilines is 1. The zero-order valence-electron chi connectivity index (χ0n) is 5.82. The van der Waals surface area contributed by atoms with Crippen LogP contribution in [0.25, 0.3) is 0 Å². The Bertz CT molecular complexity index is 232. The Balaban J connectivity index is 2.89. The van der Waals surface area contributed by atoms with Crippen LogP contribution < -0.4 is 5.73 Å². The van der Waals surface area contributed by atoms with Crippen molar-refractivity contribution in [3.8, 4) is 0 Å². The summed E-state index contributed by atoms with van der Waals surface area (Å²) in [5, 5.41) is 8.14. The number of nitrogens with two attached hydrogens (primary N) is 1. The lowest BCUT2D eigenvalue weighted by atomic mass is 10.2. The molecular weight excluding hydrogens is 162 g/mol. The van der Waals surface area contributed by atoms with Gasteiger partial charge in [-0.05, 0) is 23.8 Å². The van der Waals surface area contributed by atoms with Gasteiger partial charge in [-0.25, -0.2) is 4.89 Å². The van der Waals surface area contributed by atoms with E-state index in [0.717, 1.165) is 10.5 Å². The second kappa shape index (κ2) is 3.61. The van der Waals surface area contributed by atoms with Crippen molar-refractivity contribution in [1.29, 1.82) is 0 Å². The van der Waals surface area contributed by atoms with E-state index >= 15 is 0 Å². The third-order valence-electron chi connectivity index (χ3n) is 1.23. The Labute approximate surface area is 70.1 Å². The van der Waals surface area contributed by atoms with Gasteiger partial charge in [0.15, 0.2) is 0 Å². The van der Waals surface area contributed by atoms with Crippen molar-refractivity contribution >= 4 is 18.3 Å². The minimum absolute atomic E-state index is 0.137. The standard InChI is InChI=1S/C7H9NO2S/c8-6-1-5(4-10-9)2-7(11)3-6/h1-3,9,11H,4,8H2. The molecule has 1 aromatic rings. The first kappa shape index (κ1) is 8.39. The first-order valence-electron chi connectivity index (χ1n) is 3.07. The summed E-state index contributed by atoms with van der Waals surface area (Å²) in [6, 6.07) is 5.22. The van der Waals surface area contributed by atoms with E-state index in [4.69, 9.17) is 11.0 Å². The van der Waals surface area contributed by atoms with E-state index in [1.54, 1.807) is 18.2 Å². The maximum atomic E-state index is 8.14. The summed E-state index contributed by atoms with van der Waals surface area (Å²) in [7, 11) is 0. The minimum Gasteiger partial charge on any atom is -0.399 e. The molecule has 4 heteroatoms. The van der Waals surface area contributed by atoms with Crippen molar-refractivity contribution in [2.75, 3.05) is 5.73 Å². The quantitative estimate of drug-likeness (QED) is 0.274. The zero-order chi connectivity index (χ0) is 8.27. The van der Waals surface area contributed by atoms with Gasteiger partial charge in [-0.15, -0.1) is 12.6 Å². The number of nitrogen functional groups attached to an aromatic ring is 1. The molecular formula is C7H9NO2S. The normalized spacial score (nSPS) is 10.0. The molecule has 60 valence electrons. The summed E-state index contributed by atoms with van der Waals surface area (Å²) in [6.07, 6.45) is 0. The second-order valence-electron chi connectivity index (χ2n) is 2.21. The van der Waals surface area contributed by atoms with Gasteiger partial charge in [0.2, 0.25) is 0 Å². The number of hydrogen-bond acceptors (Lipinski definition) is 4. The minimum atomic E-state index is 0.137. The molecule has 0 atom stereocenters. The van der Waals surface area contributed by atoms with Crippen LogP contribution in [-0.2, 0) is 11.5 Å². The van der Waals surface area contributed by atoms with E-state index in [9.17, 15) is 0 Å². The van der Waals surface area contributed by atoms with Crippen LogP contribution in [0, 0.1) is 0 Å². The molecule has 0 fully saturated rings. The smallest absolute Gasteiger partial charge is 0.107 e. The van der Waals surface area contributed by atoms with Gasteiger partial charge in [0.25, 0.3) is 0 Å². The van der Waals surface area contributed by atoms with Gasteiger partial charge in [0.05, 0.1) is 0 Å². The van der Waals surface area contributed by atoms with Crippen molar-refractivity contribution in [2.24, 2.45) is 0 Å². The van der Waals surface area contributed by atoms with Crippen molar-refractivity contribution in [3.05, 3.63) is 23.8 Å². The molecule has 11 heavy (non-hydrogen) atoms. The Morgan fingerprint density at radius 3 is 2.73 bits per heavy atom. The second-order valence-corrected chi connectivity index (χ2v) is 2.72. The fourth-order valence-corrected chi connectivity index (χ4v) is 1.17. The molecule has 0 amide bonds. The molecule has 0 spiro atoms. The predicted octanol–water partition coefficient (Wildman–Crippen LogP) is 1.55. The Morgan fingerprint density at radius 2 is 2.18 bits per heavy atom. The zero-order valence-corrected chi connectivity index (χ0v) is 6.71. The first-order valence-corrected chi connectivity index (χ1v) is 3.52. The highest BCUT2D eigenvalue weighted by atomic mass is 32.1.